The first kappa shape index (κ1) is 19.5. The summed E-state index contributed by atoms with van der Waals surface area (Å²) in [6.07, 6.45) is 0.584. The summed E-state index contributed by atoms with van der Waals surface area (Å²) in [5, 5.41) is 2.76. The fraction of sp³-hybridized carbons (Fsp3) is 0.350. The largest absolute Gasteiger partial charge is 0.497 e. The number of amides is 2. The molecule has 0 saturated carbocycles. The molecule has 27 heavy (non-hydrogen) atoms. The summed E-state index contributed by atoms with van der Waals surface area (Å²) in [6, 6.07) is 10.9. The van der Waals surface area contributed by atoms with Gasteiger partial charge in [0.15, 0.2) is 0 Å². The van der Waals surface area contributed by atoms with Crippen molar-refractivity contribution in [3.8, 4) is 5.75 Å². The predicted molar refractivity (Wildman–Crippen MR) is 103 cm³/mol. The first-order valence-corrected chi connectivity index (χ1v) is 9.84. The van der Waals surface area contributed by atoms with Crippen LogP contribution in [0.15, 0.2) is 42.5 Å². The number of rotatable bonds is 4. The molecular formula is C20H22F2N2O2S. The number of carbonyl (C=O) groups excluding carboxylic acids is 1. The number of benzene rings is 2. The summed E-state index contributed by atoms with van der Waals surface area (Å²) in [6.45, 7) is 1.50. The van der Waals surface area contributed by atoms with Gasteiger partial charge in [-0.05, 0) is 42.3 Å². The molecule has 0 aromatic heterocycles. The van der Waals surface area contributed by atoms with Gasteiger partial charge >= 0.3 is 6.03 Å². The monoisotopic (exact) mass is 392 g/mol. The molecule has 1 atom stereocenters. The molecule has 2 amide bonds. The molecule has 0 radical (unpaired) electrons. The predicted octanol–water partition coefficient (Wildman–Crippen LogP) is 4.36. The van der Waals surface area contributed by atoms with Crippen LogP contribution in [0.5, 0.6) is 5.75 Å². The van der Waals surface area contributed by atoms with E-state index in [0.717, 1.165) is 23.4 Å². The minimum Gasteiger partial charge on any atom is -0.497 e. The number of urea groups is 1. The fourth-order valence-electron chi connectivity index (χ4n) is 3.02. The Kier molecular flexibility index (Phi) is 6.55. The van der Waals surface area contributed by atoms with E-state index in [4.69, 9.17) is 4.74 Å². The molecule has 144 valence electrons. The van der Waals surface area contributed by atoms with Crippen LogP contribution in [0.3, 0.4) is 0 Å². The number of thioether (sulfide) groups is 1. The molecule has 4 nitrogen and oxygen atoms in total. The highest BCUT2D eigenvalue weighted by Crippen LogP contribution is 2.36. The Morgan fingerprint density at radius 1 is 1.22 bits per heavy atom. The summed E-state index contributed by atoms with van der Waals surface area (Å²) in [5.41, 5.74) is 1.36. The van der Waals surface area contributed by atoms with Crippen molar-refractivity contribution in [3.05, 3.63) is 65.2 Å². The minimum atomic E-state index is -0.440. The van der Waals surface area contributed by atoms with E-state index in [1.54, 1.807) is 23.8 Å². The zero-order chi connectivity index (χ0) is 19.2. The quantitative estimate of drug-likeness (QED) is 0.840. The van der Waals surface area contributed by atoms with E-state index in [2.05, 4.69) is 5.32 Å². The molecule has 7 heteroatoms. The van der Waals surface area contributed by atoms with Gasteiger partial charge in [-0.1, -0.05) is 12.1 Å². The van der Waals surface area contributed by atoms with Crippen LogP contribution in [0.2, 0.25) is 0 Å². The molecule has 1 aliphatic heterocycles. The maximum Gasteiger partial charge on any atom is 0.317 e. The molecule has 1 N–H and O–H groups in total. The van der Waals surface area contributed by atoms with Gasteiger partial charge in [0.05, 0.1) is 7.11 Å². The number of carbonyl (C=O) groups is 1. The van der Waals surface area contributed by atoms with Crippen LogP contribution in [0, 0.1) is 11.6 Å². The Morgan fingerprint density at radius 3 is 2.74 bits per heavy atom. The van der Waals surface area contributed by atoms with Crippen LogP contribution in [-0.2, 0) is 6.54 Å². The van der Waals surface area contributed by atoms with E-state index in [9.17, 15) is 13.6 Å². The van der Waals surface area contributed by atoms with Crippen molar-refractivity contribution in [2.45, 2.75) is 18.2 Å². The van der Waals surface area contributed by atoms with E-state index >= 15 is 0 Å². The molecule has 0 unspecified atom stereocenters. The average molecular weight is 392 g/mol. The second-order valence-corrected chi connectivity index (χ2v) is 7.62. The van der Waals surface area contributed by atoms with Crippen molar-refractivity contribution in [3.63, 3.8) is 0 Å². The molecule has 1 saturated heterocycles. The first-order chi connectivity index (χ1) is 13.1. The number of nitrogens with zero attached hydrogens (tertiary/aromatic N) is 1. The molecule has 1 aliphatic rings. The molecular weight excluding hydrogens is 370 g/mol. The van der Waals surface area contributed by atoms with Crippen molar-refractivity contribution in [2.75, 3.05) is 26.0 Å². The summed E-state index contributed by atoms with van der Waals surface area (Å²) in [5.74, 6) is 0.609. The van der Waals surface area contributed by atoms with Crippen LogP contribution in [0.25, 0.3) is 0 Å². The van der Waals surface area contributed by atoms with Gasteiger partial charge in [0.1, 0.15) is 17.4 Å². The summed E-state index contributed by atoms with van der Waals surface area (Å²) < 4.78 is 32.6. The SMILES string of the molecule is COc1ccc(CNC(=O)N2CCS[C@H](c3cc(F)ccc3F)CC2)cc1. The van der Waals surface area contributed by atoms with E-state index in [0.29, 0.717) is 37.4 Å². The second-order valence-electron chi connectivity index (χ2n) is 6.31. The third-order valence-corrected chi connectivity index (χ3v) is 5.85. The number of hydrogen-bond acceptors (Lipinski definition) is 3. The normalized spacial score (nSPS) is 17.3. The highest BCUT2D eigenvalue weighted by Gasteiger charge is 2.24. The highest BCUT2D eigenvalue weighted by atomic mass is 32.2. The van der Waals surface area contributed by atoms with Gasteiger partial charge in [-0.3, -0.25) is 0 Å². The third kappa shape index (κ3) is 5.13. The number of nitrogens with one attached hydrogen (secondary N) is 1. The Labute approximate surface area is 161 Å². The lowest BCUT2D eigenvalue weighted by molar-refractivity contribution is 0.200. The van der Waals surface area contributed by atoms with Gasteiger partial charge in [0, 0.05) is 36.2 Å². The number of ether oxygens (including phenoxy) is 1. The standard InChI is InChI=1S/C20H22F2N2O2S/c1-26-16-5-2-14(3-6-16)13-23-20(25)24-9-8-19(27-11-10-24)17-12-15(21)4-7-18(17)22/h2-7,12,19H,8-11,13H2,1H3,(H,23,25)/t19-/m0/s1. The minimum absolute atomic E-state index is 0.146. The average Bonchev–Trinajstić information content (AvgIpc) is 2.94. The van der Waals surface area contributed by atoms with E-state index < -0.39 is 11.6 Å². The Morgan fingerprint density at radius 2 is 2.00 bits per heavy atom. The summed E-state index contributed by atoms with van der Waals surface area (Å²) >= 11 is 1.56. The van der Waals surface area contributed by atoms with Crippen LogP contribution in [0.1, 0.15) is 22.8 Å². The Bertz CT molecular complexity index is 786. The van der Waals surface area contributed by atoms with Crippen molar-refractivity contribution in [2.24, 2.45) is 0 Å². The van der Waals surface area contributed by atoms with E-state index in [-0.39, 0.29) is 11.3 Å². The van der Waals surface area contributed by atoms with E-state index in [1.165, 1.54) is 6.07 Å². The lowest BCUT2D eigenvalue weighted by atomic mass is 10.1. The van der Waals surface area contributed by atoms with Crippen molar-refractivity contribution in [1.82, 2.24) is 10.2 Å². The van der Waals surface area contributed by atoms with Gasteiger partial charge in [0.25, 0.3) is 0 Å². The van der Waals surface area contributed by atoms with Crippen LogP contribution in [0.4, 0.5) is 13.6 Å². The zero-order valence-electron chi connectivity index (χ0n) is 15.1. The van der Waals surface area contributed by atoms with Crippen LogP contribution >= 0.6 is 11.8 Å². The lowest BCUT2D eigenvalue weighted by Gasteiger charge is -2.21. The van der Waals surface area contributed by atoms with Gasteiger partial charge < -0.3 is 15.0 Å². The van der Waals surface area contributed by atoms with Gasteiger partial charge in [-0.2, -0.15) is 11.8 Å². The Balaban J connectivity index is 1.55. The second kappa shape index (κ2) is 9.08. The first-order valence-electron chi connectivity index (χ1n) is 8.79. The topological polar surface area (TPSA) is 41.6 Å². The third-order valence-electron chi connectivity index (χ3n) is 4.54. The maximum atomic E-state index is 14.0. The summed E-state index contributed by atoms with van der Waals surface area (Å²) in [7, 11) is 1.61. The molecule has 2 aromatic carbocycles. The number of hydrogen-bond donors (Lipinski definition) is 1. The molecule has 0 spiro atoms. The molecule has 1 heterocycles. The van der Waals surface area contributed by atoms with Crippen LogP contribution in [-0.4, -0.2) is 36.9 Å². The molecule has 3 rings (SSSR count). The number of halogens is 2. The van der Waals surface area contributed by atoms with Gasteiger partial charge in [-0.15, -0.1) is 0 Å². The molecule has 2 aromatic rings. The maximum absolute atomic E-state index is 14.0. The van der Waals surface area contributed by atoms with Crippen molar-refractivity contribution in [1.29, 1.82) is 0 Å². The van der Waals surface area contributed by atoms with E-state index in [1.807, 2.05) is 24.3 Å². The van der Waals surface area contributed by atoms with Crippen molar-refractivity contribution >= 4 is 17.8 Å². The van der Waals surface area contributed by atoms with Crippen molar-refractivity contribution < 1.29 is 18.3 Å². The molecule has 1 fully saturated rings. The smallest absolute Gasteiger partial charge is 0.317 e. The summed E-state index contributed by atoms with van der Waals surface area (Å²) in [4.78, 5) is 14.2. The van der Waals surface area contributed by atoms with Crippen LogP contribution < -0.4 is 10.1 Å². The van der Waals surface area contributed by atoms with Gasteiger partial charge in [0.2, 0.25) is 0 Å². The highest BCUT2D eigenvalue weighted by molar-refractivity contribution is 7.99. The lowest BCUT2D eigenvalue weighted by Crippen LogP contribution is -2.40. The number of methoxy groups -OCH3 is 1. The fourth-order valence-corrected chi connectivity index (χ4v) is 4.26. The Hall–Kier alpha value is -2.28. The molecule has 0 bridgehead atoms. The molecule has 0 aliphatic carbocycles. The van der Waals surface area contributed by atoms with Gasteiger partial charge in [-0.25, -0.2) is 13.6 Å². The zero-order valence-corrected chi connectivity index (χ0v) is 15.9.